The number of esters is 2. The molecule has 0 bridgehead atoms. The lowest BCUT2D eigenvalue weighted by molar-refractivity contribution is -0.870. The molecule has 93 heavy (non-hydrogen) atoms. The van der Waals surface area contributed by atoms with Crippen LogP contribution in [0.2, 0.25) is 0 Å². The fourth-order valence-corrected chi connectivity index (χ4v) is 11.2. The fraction of sp³-hybridized carbons (Fsp3) is 0.750. The number of allylic oxidation sites excluding steroid dienone is 18. The zero-order chi connectivity index (χ0) is 67.5. The van der Waals surface area contributed by atoms with Crippen molar-refractivity contribution in [2.45, 2.75) is 360 Å². The van der Waals surface area contributed by atoms with Crippen molar-refractivity contribution in [3.8, 4) is 0 Å². The van der Waals surface area contributed by atoms with Gasteiger partial charge in [0.15, 0.2) is 6.10 Å². The summed E-state index contributed by atoms with van der Waals surface area (Å²) >= 11 is 0. The number of carboxylic acid groups (broad SMARTS) is 1. The lowest BCUT2D eigenvalue weighted by Gasteiger charge is -2.25. The SMILES string of the molecule is CC/C=C\C/C=C\C/C=C\C/C=C\C/C=C\CCCCCCCCCCCCCCCCCCCC(=O)OC(COC(=O)CCCCCCCCCCCCCCCCCCCCCCCC/C=C\C/C=C\C/C=C\C/C=C\CC)COC(OCC[N+](C)(C)C)C(=O)O. The van der Waals surface area contributed by atoms with Crippen LogP contribution in [0, 0.1) is 0 Å². The molecule has 0 aliphatic heterocycles. The van der Waals surface area contributed by atoms with Gasteiger partial charge in [-0.25, -0.2) is 4.79 Å². The maximum atomic E-state index is 13.0. The van der Waals surface area contributed by atoms with E-state index in [0.29, 0.717) is 17.4 Å². The molecule has 0 spiro atoms. The number of aliphatic carboxylic acids is 1. The summed E-state index contributed by atoms with van der Waals surface area (Å²) in [5.74, 6) is -1.99. The van der Waals surface area contributed by atoms with Crippen molar-refractivity contribution >= 4 is 17.9 Å². The highest BCUT2D eigenvalue weighted by Crippen LogP contribution is 2.19. The molecule has 2 unspecified atom stereocenters. The van der Waals surface area contributed by atoms with Crippen LogP contribution in [0.1, 0.15) is 348 Å². The van der Waals surface area contributed by atoms with Gasteiger partial charge in [0.1, 0.15) is 13.2 Å². The minimum absolute atomic E-state index is 0.181. The topological polar surface area (TPSA) is 108 Å². The van der Waals surface area contributed by atoms with Crippen LogP contribution in [0.3, 0.4) is 0 Å². The summed E-state index contributed by atoms with van der Waals surface area (Å²) in [5, 5.41) is 9.77. The smallest absolute Gasteiger partial charge is 0.361 e. The molecule has 0 aromatic heterocycles. The second-order valence-electron chi connectivity index (χ2n) is 27.3. The minimum Gasteiger partial charge on any atom is -0.477 e. The summed E-state index contributed by atoms with van der Waals surface area (Å²) in [6.45, 7) is 4.70. The first-order valence-corrected chi connectivity index (χ1v) is 39.1. The molecule has 0 radical (unpaired) electrons. The Morgan fingerprint density at radius 2 is 0.581 bits per heavy atom. The van der Waals surface area contributed by atoms with Crippen molar-refractivity contribution in [3.05, 3.63) is 109 Å². The zero-order valence-corrected chi connectivity index (χ0v) is 61.4. The molecule has 0 fully saturated rings. The summed E-state index contributed by atoms with van der Waals surface area (Å²) in [7, 11) is 5.99. The second kappa shape index (κ2) is 73.8. The van der Waals surface area contributed by atoms with Crippen LogP contribution in [0.4, 0.5) is 0 Å². The number of nitrogens with zero attached hydrogens (tertiary/aromatic N) is 1. The predicted octanol–water partition coefficient (Wildman–Crippen LogP) is 24.9. The number of ether oxygens (including phenoxy) is 4. The number of unbranched alkanes of at least 4 members (excludes halogenated alkanes) is 39. The molecule has 536 valence electrons. The van der Waals surface area contributed by atoms with Gasteiger partial charge in [-0.15, -0.1) is 0 Å². The molecule has 0 aromatic rings. The number of carbonyl (C=O) groups excluding carboxylic acids is 2. The van der Waals surface area contributed by atoms with E-state index in [1.807, 2.05) is 21.1 Å². The van der Waals surface area contributed by atoms with Crippen molar-refractivity contribution in [3.63, 3.8) is 0 Å². The second-order valence-corrected chi connectivity index (χ2v) is 27.3. The highest BCUT2D eigenvalue weighted by molar-refractivity contribution is 5.71. The Kier molecular flexibility index (Phi) is 70.5. The van der Waals surface area contributed by atoms with E-state index in [9.17, 15) is 19.5 Å². The van der Waals surface area contributed by atoms with Crippen molar-refractivity contribution in [1.82, 2.24) is 0 Å². The molecule has 9 heteroatoms. The molecule has 0 heterocycles. The summed E-state index contributed by atoms with van der Waals surface area (Å²) in [5.41, 5.74) is 0. The first-order chi connectivity index (χ1) is 45.6. The van der Waals surface area contributed by atoms with Crippen LogP contribution in [-0.4, -0.2) is 87.4 Å². The Hall–Kier alpha value is -4.05. The predicted molar refractivity (Wildman–Crippen MR) is 401 cm³/mol. The van der Waals surface area contributed by atoms with Gasteiger partial charge in [-0.1, -0.05) is 348 Å². The van der Waals surface area contributed by atoms with E-state index >= 15 is 0 Å². The summed E-state index contributed by atoms with van der Waals surface area (Å²) in [4.78, 5) is 37.7. The number of quaternary nitrogens is 1. The Morgan fingerprint density at radius 3 is 0.860 bits per heavy atom. The van der Waals surface area contributed by atoms with Gasteiger partial charge >= 0.3 is 17.9 Å². The molecule has 1 N–H and O–H groups in total. The Balaban J connectivity index is 4.01. The maximum absolute atomic E-state index is 13.0. The van der Waals surface area contributed by atoms with Gasteiger partial charge in [0, 0.05) is 12.8 Å². The average molecular weight is 1300 g/mol. The van der Waals surface area contributed by atoms with E-state index in [1.54, 1.807) is 0 Å². The van der Waals surface area contributed by atoms with Crippen molar-refractivity contribution in [1.29, 1.82) is 0 Å². The Bertz CT molecular complexity index is 1900. The number of carboxylic acids is 1. The van der Waals surface area contributed by atoms with E-state index in [-0.39, 0.29) is 32.2 Å². The van der Waals surface area contributed by atoms with Gasteiger partial charge in [0.05, 0.1) is 34.4 Å². The first-order valence-electron chi connectivity index (χ1n) is 39.1. The number of hydrogen-bond acceptors (Lipinski definition) is 7. The average Bonchev–Trinajstić information content (AvgIpc) is 3.74. The molecule has 0 saturated heterocycles. The van der Waals surface area contributed by atoms with E-state index < -0.39 is 24.3 Å². The lowest BCUT2D eigenvalue weighted by atomic mass is 10.0. The highest BCUT2D eigenvalue weighted by Gasteiger charge is 2.25. The molecule has 0 amide bonds. The van der Waals surface area contributed by atoms with E-state index in [4.69, 9.17) is 18.9 Å². The summed E-state index contributed by atoms with van der Waals surface area (Å²) in [6.07, 6.45) is 101. The van der Waals surface area contributed by atoms with Gasteiger partial charge < -0.3 is 28.5 Å². The van der Waals surface area contributed by atoms with E-state index in [0.717, 1.165) is 96.3 Å². The summed E-state index contributed by atoms with van der Waals surface area (Å²) in [6, 6.07) is 0. The molecular formula is C84H148NO8+. The molecule has 2 atom stereocenters. The van der Waals surface area contributed by atoms with Gasteiger partial charge in [0.2, 0.25) is 0 Å². The lowest BCUT2D eigenvalue weighted by Crippen LogP contribution is -2.40. The zero-order valence-electron chi connectivity index (χ0n) is 61.4. The van der Waals surface area contributed by atoms with Crippen molar-refractivity contribution in [2.75, 3.05) is 47.5 Å². The summed E-state index contributed by atoms with van der Waals surface area (Å²) < 4.78 is 23.1. The molecule has 9 nitrogen and oxygen atoms in total. The monoisotopic (exact) mass is 1300 g/mol. The number of hydrogen-bond donors (Lipinski definition) is 1. The van der Waals surface area contributed by atoms with Gasteiger partial charge in [-0.05, 0) is 96.3 Å². The standard InChI is InChI=1S/C84H147NO8/c1-6-8-10-12-14-16-18-20-22-24-26-28-30-32-34-36-38-40-41-43-44-46-48-50-52-54-56-58-60-62-64-66-68-70-72-74-81(86)91-78-80(79-92-84(83(88)89)90-77-76-85(3,4)5)93-82(87)75-73-71-69-67-65-63-61-59-57-55-53-51-49-47-45-42-39-37-35-33-31-29-27-25-23-21-19-17-15-13-11-9-7-2/h8-11,14-17,20-23,26-29,33,35,80,84H,6-7,12-13,18-19,24-25,30-32,34,36-79H2,1-5H3/p+1/b10-8-,11-9-,16-14-,17-15-,22-20-,23-21-,28-26-,29-27-,35-33-. The largest absolute Gasteiger partial charge is 0.477 e. The number of carbonyl (C=O) groups is 3. The molecular weight excluding hydrogens is 1150 g/mol. The molecule has 0 aliphatic rings. The van der Waals surface area contributed by atoms with Crippen LogP contribution in [-0.2, 0) is 33.3 Å². The van der Waals surface area contributed by atoms with Gasteiger partial charge in [-0.2, -0.15) is 0 Å². The molecule has 0 rings (SSSR count). The minimum atomic E-state index is -1.51. The van der Waals surface area contributed by atoms with Crippen molar-refractivity contribution in [2.24, 2.45) is 0 Å². The molecule has 0 aromatic carbocycles. The third kappa shape index (κ3) is 75.2. The van der Waals surface area contributed by atoms with Gasteiger partial charge in [-0.3, -0.25) is 9.59 Å². The Labute approximate surface area is 575 Å². The quantitative estimate of drug-likeness (QED) is 0.0211. The van der Waals surface area contributed by atoms with Crippen LogP contribution >= 0.6 is 0 Å². The highest BCUT2D eigenvalue weighted by atomic mass is 16.7. The van der Waals surface area contributed by atoms with Crippen molar-refractivity contribution < 1.29 is 42.9 Å². The third-order valence-electron chi connectivity index (χ3n) is 17.0. The molecule has 0 aliphatic carbocycles. The van der Waals surface area contributed by atoms with Crippen LogP contribution in [0.15, 0.2) is 109 Å². The number of likely N-dealkylation sites (N-methyl/N-ethyl adjacent to an activating group) is 1. The number of rotatable bonds is 72. The van der Waals surface area contributed by atoms with Crippen LogP contribution in [0.5, 0.6) is 0 Å². The van der Waals surface area contributed by atoms with Gasteiger partial charge in [0.25, 0.3) is 6.29 Å². The van der Waals surface area contributed by atoms with E-state index in [1.165, 1.54) is 225 Å². The maximum Gasteiger partial charge on any atom is 0.361 e. The van der Waals surface area contributed by atoms with E-state index in [2.05, 4.69) is 123 Å². The molecule has 0 saturated carbocycles. The fourth-order valence-electron chi connectivity index (χ4n) is 11.2. The normalized spacial score (nSPS) is 13.3. The third-order valence-corrected chi connectivity index (χ3v) is 17.0. The van der Waals surface area contributed by atoms with Crippen LogP contribution < -0.4 is 0 Å². The van der Waals surface area contributed by atoms with Crippen LogP contribution in [0.25, 0.3) is 0 Å². The Morgan fingerprint density at radius 1 is 0.323 bits per heavy atom. The first kappa shape index (κ1) is 89.0.